The number of carbonyl (C=O) groups excluding carboxylic acids is 1. The lowest BCUT2D eigenvalue weighted by Gasteiger charge is -2.20. The molecule has 1 N–H and O–H groups in total. The molecule has 3 heteroatoms. The van der Waals surface area contributed by atoms with Crippen LogP contribution in [0.3, 0.4) is 0 Å². The van der Waals surface area contributed by atoms with Crippen LogP contribution < -0.4 is 5.32 Å². The van der Waals surface area contributed by atoms with Gasteiger partial charge in [-0.05, 0) is 56.4 Å². The van der Waals surface area contributed by atoms with Crippen molar-refractivity contribution < 1.29 is 4.79 Å². The Hall–Kier alpha value is -0.570. The molecule has 4 aliphatic rings. The van der Waals surface area contributed by atoms with Crippen molar-refractivity contribution in [3.05, 3.63) is 0 Å². The Morgan fingerprint density at radius 2 is 1.88 bits per heavy atom. The molecule has 5 atom stereocenters. The number of hydrogen-bond acceptors (Lipinski definition) is 2. The minimum Gasteiger partial charge on any atom is -0.338 e. The monoisotopic (exact) mass is 220 g/mol. The maximum Gasteiger partial charge on any atom is 0.240 e. The third-order valence-corrected chi connectivity index (χ3v) is 5.64. The van der Waals surface area contributed by atoms with Crippen molar-refractivity contribution in [1.82, 2.24) is 10.2 Å². The number of carbonyl (C=O) groups is 1. The fraction of sp³-hybridized carbons (Fsp3) is 0.923. The van der Waals surface area contributed by atoms with Gasteiger partial charge in [0.1, 0.15) is 0 Å². The molecule has 0 aromatic heterocycles. The van der Waals surface area contributed by atoms with Crippen molar-refractivity contribution >= 4 is 5.91 Å². The van der Waals surface area contributed by atoms with Crippen molar-refractivity contribution in [2.75, 3.05) is 13.6 Å². The lowest BCUT2D eigenvalue weighted by Crippen LogP contribution is -2.39. The fourth-order valence-electron chi connectivity index (χ4n) is 4.96. The smallest absolute Gasteiger partial charge is 0.240 e. The van der Waals surface area contributed by atoms with Crippen molar-refractivity contribution in [2.24, 2.45) is 23.7 Å². The summed E-state index contributed by atoms with van der Waals surface area (Å²) in [5.74, 6) is 4.13. The highest BCUT2D eigenvalue weighted by Crippen LogP contribution is 2.67. The molecule has 3 aliphatic carbocycles. The number of rotatable bonds is 2. The molecule has 5 unspecified atom stereocenters. The molecule has 4 rings (SSSR count). The zero-order valence-electron chi connectivity index (χ0n) is 9.86. The zero-order valence-corrected chi connectivity index (χ0v) is 9.86. The number of likely N-dealkylation sites (tertiary alicyclic amines) is 1. The molecular weight excluding hydrogens is 200 g/mol. The highest BCUT2D eigenvalue weighted by atomic mass is 16.2. The third-order valence-electron chi connectivity index (χ3n) is 5.64. The van der Waals surface area contributed by atoms with E-state index in [-0.39, 0.29) is 6.04 Å². The van der Waals surface area contributed by atoms with Gasteiger partial charge in [0.2, 0.25) is 5.91 Å². The van der Waals surface area contributed by atoms with Crippen LogP contribution >= 0.6 is 0 Å². The van der Waals surface area contributed by atoms with E-state index in [1.165, 1.54) is 19.3 Å². The summed E-state index contributed by atoms with van der Waals surface area (Å²) in [4.78, 5) is 14.4. The summed E-state index contributed by atoms with van der Waals surface area (Å²) in [5.41, 5.74) is 0. The van der Waals surface area contributed by atoms with Crippen LogP contribution in [0, 0.1) is 23.7 Å². The second-order valence-electron chi connectivity index (χ2n) is 6.14. The van der Waals surface area contributed by atoms with Crippen molar-refractivity contribution in [2.45, 2.75) is 37.8 Å². The van der Waals surface area contributed by atoms with Gasteiger partial charge in [-0.2, -0.15) is 0 Å². The Morgan fingerprint density at radius 1 is 1.19 bits per heavy atom. The van der Waals surface area contributed by atoms with E-state index in [1.807, 2.05) is 7.05 Å². The summed E-state index contributed by atoms with van der Waals surface area (Å²) in [5, 5.41) is 3.14. The first kappa shape index (κ1) is 9.46. The topological polar surface area (TPSA) is 32.3 Å². The molecule has 88 valence electrons. The molecule has 3 nitrogen and oxygen atoms in total. The predicted molar refractivity (Wildman–Crippen MR) is 60.8 cm³/mol. The molecule has 0 spiro atoms. The second-order valence-corrected chi connectivity index (χ2v) is 6.14. The summed E-state index contributed by atoms with van der Waals surface area (Å²) in [6.45, 7) is 1.00. The third kappa shape index (κ3) is 1.01. The Kier molecular flexibility index (Phi) is 1.78. The predicted octanol–water partition coefficient (Wildman–Crippen LogP) is 0.851. The van der Waals surface area contributed by atoms with Crippen LogP contribution in [0.25, 0.3) is 0 Å². The fourth-order valence-corrected chi connectivity index (χ4v) is 4.96. The molecular formula is C13H20N2O. The number of likely N-dealkylation sites (N-methyl/N-ethyl adjacent to an activating group) is 1. The van der Waals surface area contributed by atoms with Gasteiger partial charge in [-0.25, -0.2) is 0 Å². The minimum atomic E-state index is 0.110. The van der Waals surface area contributed by atoms with Gasteiger partial charge < -0.3 is 10.2 Å². The maximum atomic E-state index is 12.1. The summed E-state index contributed by atoms with van der Waals surface area (Å²) < 4.78 is 0. The van der Waals surface area contributed by atoms with Crippen LogP contribution in [0.5, 0.6) is 0 Å². The van der Waals surface area contributed by atoms with Crippen LogP contribution in [0.1, 0.15) is 25.7 Å². The van der Waals surface area contributed by atoms with Gasteiger partial charge in [-0.1, -0.05) is 0 Å². The van der Waals surface area contributed by atoms with Gasteiger partial charge in [0, 0.05) is 12.6 Å². The molecule has 16 heavy (non-hydrogen) atoms. The lowest BCUT2D eigenvalue weighted by molar-refractivity contribution is -0.130. The van der Waals surface area contributed by atoms with Crippen LogP contribution in [0.15, 0.2) is 0 Å². The van der Waals surface area contributed by atoms with Gasteiger partial charge >= 0.3 is 0 Å². The highest BCUT2D eigenvalue weighted by Gasteiger charge is 2.68. The first-order valence-corrected chi connectivity index (χ1v) is 6.79. The molecule has 1 amide bonds. The Balaban J connectivity index is 1.52. The number of nitrogens with zero attached hydrogens (tertiary/aromatic N) is 1. The quantitative estimate of drug-likeness (QED) is 0.748. The molecule has 0 aromatic carbocycles. The van der Waals surface area contributed by atoms with Crippen LogP contribution in [-0.4, -0.2) is 36.5 Å². The SMILES string of the molecule is CNC1CCN(C2C3C4CCC(C4)C32)C1=O. The standard InChI is InChI=1S/C13H20N2O/c1-14-9-4-5-15(13(9)16)12-10-7-2-3-8(6-7)11(10)12/h7-12,14H,2-6H2,1H3. The summed E-state index contributed by atoms with van der Waals surface area (Å²) >= 11 is 0. The number of fused-ring (bicyclic) bond motifs is 5. The Morgan fingerprint density at radius 3 is 2.44 bits per heavy atom. The van der Waals surface area contributed by atoms with E-state index in [0.29, 0.717) is 11.9 Å². The first-order chi connectivity index (χ1) is 7.81. The average molecular weight is 220 g/mol. The van der Waals surface area contributed by atoms with E-state index in [4.69, 9.17) is 0 Å². The summed E-state index contributed by atoms with van der Waals surface area (Å²) in [6, 6.07) is 0.760. The van der Waals surface area contributed by atoms with Gasteiger partial charge in [-0.3, -0.25) is 4.79 Å². The van der Waals surface area contributed by atoms with Crippen LogP contribution in [0.4, 0.5) is 0 Å². The first-order valence-electron chi connectivity index (χ1n) is 6.79. The lowest BCUT2D eigenvalue weighted by atomic mass is 10.0. The minimum absolute atomic E-state index is 0.110. The highest BCUT2D eigenvalue weighted by molar-refractivity contribution is 5.84. The van der Waals surface area contributed by atoms with Crippen molar-refractivity contribution in [3.8, 4) is 0 Å². The van der Waals surface area contributed by atoms with E-state index >= 15 is 0 Å². The molecule has 0 aromatic rings. The van der Waals surface area contributed by atoms with Crippen molar-refractivity contribution in [1.29, 1.82) is 0 Å². The molecule has 1 heterocycles. The van der Waals surface area contributed by atoms with E-state index in [0.717, 1.165) is 36.6 Å². The largest absolute Gasteiger partial charge is 0.338 e. The maximum absolute atomic E-state index is 12.1. The Labute approximate surface area is 96.6 Å². The van der Waals surface area contributed by atoms with Crippen LogP contribution in [0.2, 0.25) is 0 Å². The molecule has 3 saturated carbocycles. The number of hydrogen-bond donors (Lipinski definition) is 1. The average Bonchev–Trinajstić information content (AvgIpc) is 2.68. The van der Waals surface area contributed by atoms with Crippen LogP contribution in [-0.2, 0) is 4.79 Å². The van der Waals surface area contributed by atoms with Gasteiger partial charge in [0.15, 0.2) is 0 Å². The summed E-state index contributed by atoms with van der Waals surface area (Å²) in [7, 11) is 1.91. The van der Waals surface area contributed by atoms with Gasteiger partial charge in [0.05, 0.1) is 6.04 Å². The van der Waals surface area contributed by atoms with E-state index in [9.17, 15) is 4.79 Å². The van der Waals surface area contributed by atoms with Crippen molar-refractivity contribution in [3.63, 3.8) is 0 Å². The zero-order chi connectivity index (χ0) is 10.9. The van der Waals surface area contributed by atoms with E-state index in [1.54, 1.807) is 0 Å². The molecule has 1 saturated heterocycles. The molecule has 1 aliphatic heterocycles. The van der Waals surface area contributed by atoms with Gasteiger partial charge in [-0.15, -0.1) is 0 Å². The van der Waals surface area contributed by atoms with Gasteiger partial charge in [0.25, 0.3) is 0 Å². The van der Waals surface area contributed by atoms with E-state index < -0.39 is 0 Å². The Bertz CT molecular complexity index is 327. The number of amides is 1. The molecule has 2 bridgehead atoms. The molecule has 4 fully saturated rings. The van der Waals surface area contributed by atoms with E-state index in [2.05, 4.69) is 10.2 Å². The second kappa shape index (κ2) is 3.00. The number of nitrogens with one attached hydrogen (secondary N) is 1. The summed E-state index contributed by atoms with van der Waals surface area (Å²) in [6.07, 6.45) is 5.38. The normalized spacial score (nSPS) is 53.6. The molecule has 0 radical (unpaired) electrons.